The Kier molecular flexibility index (Phi) is 7.01. The average Bonchev–Trinajstić information content (AvgIpc) is 2.75. The van der Waals surface area contributed by atoms with Crippen molar-refractivity contribution in [1.82, 2.24) is 0 Å². The quantitative estimate of drug-likeness (QED) is 0.546. The zero-order valence-electron chi connectivity index (χ0n) is 17.1. The number of amides is 2. The van der Waals surface area contributed by atoms with E-state index in [9.17, 15) is 14.4 Å². The van der Waals surface area contributed by atoms with Crippen LogP contribution in [0.4, 0.5) is 11.4 Å². The first-order valence-corrected chi connectivity index (χ1v) is 9.63. The lowest BCUT2D eigenvalue weighted by Gasteiger charge is -2.14. The third-order valence-electron chi connectivity index (χ3n) is 4.17. The van der Waals surface area contributed by atoms with Crippen LogP contribution in [0.3, 0.4) is 0 Å². The Bertz CT molecular complexity index is 1060. The maximum atomic E-state index is 12.4. The number of carbonyl (C=O) groups is 3. The van der Waals surface area contributed by atoms with Gasteiger partial charge < -0.3 is 20.1 Å². The summed E-state index contributed by atoms with van der Waals surface area (Å²) in [7, 11) is 0. The van der Waals surface area contributed by atoms with Gasteiger partial charge in [0.05, 0.1) is 5.56 Å². The zero-order chi connectivity index (χ0) is 22.2. The van der Waals surface area contributed by atoms with Crippen LogP contribution in [0, 0.1) is 0 Å². The van der Waals surface area contributed by atoms with Crippen LogP contribution in [-0.4, -0.2) is 23.9 Å². The number of benzene rings is 3. The van der Waals surface area contributed by atoms with Crippen LogP contribution in [-0.2, 0) is 14.3 Å². The molecule has 0 unspecified atom stereocenters. The Hall–Kier alpha value is -4.13. The first-order valence-electron chi connectivity index (χ1n) is 9.63. The molecule has 0 aromatic heterocycles. The molecule has 7 heteroatoms. The molecule has 0 fully saturated rings. The minimum atomic E-state index is -1.02. The number of para-hydroxylation sites is 1. The molecule has 0 aliphatic rings. The number of anilines is 2. The van der Waals surface area contributed by atoms with Crippen LogP contribution in [0.25, 0.3) is 0 Å². The van der Waals surface area contributed by atoms with Crippen molar-refractivity contribution in [3.05, 3.63) is 84.4 Å². The highest BCUT2D eigenvalue weighted by Gasteiger charge is 2.19. The highest BCUT2D eigenvalue weighted by atomic mass is 16.5. The van der Waals surface area contributed by atoms with Crippen LogP contribution < -0.4 is 15.4 Å². The zero-order valence-corrected chi connectivity index (χ0v) is 17.1. The van der Waals surface area contributed by atoms with Gasteiger partial charge in [-0.1, -0.05) is 24.3 Å². The average molecular weight is 418 g/mol. The maximum Gasteiger partial charge on any atom is 0.338 e. The third-order valence-corrected chi connectivity index (χ3v) is 4.17. The van der Waals surface area contributed by atoms with Crippen molar-refractivity contribution in [3.8, 4) is 11.5 Å². The van der Waals surface area contributed by atoms with E-state index < -0.39 is 18.0 Å². The normalized spacial score (nSPS) is 11.2. The van der Waals surface area contributed by atoms with Gasteiger partial charge in [0.15, 0.2) is 6.10 Å². The van der Waals surface area contributed by atoms with E-state index in [1.54, 1.807) is 42.5 Å². The summed E-state index contributed by atoms with van der Waals surface area (Å²) < 4.78 is 11.0. The predicted octanol–water partition coefficient (Wildman–Crippen LogP) is 4.62. The van der Waals surface area contributed by atoms with E-state index in [-0.39, 0.29) is 11.5 Å². The topological polar surface area (TPSA) is 93.7 Å². The first kappa shape index (κ1) is 21.6. The van der Waals surface area contributed by atoms with E-state index in [0.717, 1.165) is 0 Å². The number of ether oxygens (including phenoxy) is 2. The molecule has 0 aliphatic carbocycles. The lowest BCUT2D eigenvalue weighted by molar-refractivity contribution is -0.123. The van der Waals surface area contributed by atoms with Crippen molar-refractivity contribution in [1.29, 1.82) is 0 Å². The van der Waals surface area contributed by atoms with Crippen LogP contribution >= 0.6 is 0 Å². The molecule has 31 heavy (non-hydrogen) atoms. The van der Waals surface area contributed by atoms with E-state index >= 15 is 0 Å². The number of esters is 1. The molecule has 0 spiro atoms. The molecule has 3 aromatic rings. The van der Waals surface area contributed by atoms with Gasteiger partial charge in [-0.05, 0) is 61.5 Å². The van der Waals surface area contributed by atoms with Gasteiger partial charge in [-0.2, -0.15) is 0 Å². The Balaban J connectivity index is 1.55. The monoisotopic (exact) mass is 418 g/mol. The summed E-state index contributed by atoms with van der Waals surface area (Å²) in [5, 5.41) is 5.29. The summed E-state index contributed by atoms with van der Waals surface area (Å²) in [6.07, 6.45) is -1.02. The molecule has 7 nitrogen and oxygen atoms in total. The molecule has 0 saturated heterocycles. The summed E-state index contributed by atoms with van der Waals surface area (Å²) in [4.78, 5) is 35.9. The second-order valence-corrected chi connectivity index (χ2v) is 6.74. The van der Waals surface area contributed by atoms with Gasteiger partial charge in [0, 0.05) is 18.3 Å². The van der Waals surface area contributed by atoms with Gasteiger partial charge in [-0.15, -0.1) is 0 Å². The van der Waals surface area contributed by atoms with Crippen molar-refractivity contribution in [2.24, 2.45) is 0 Å². The number of carbonyl (C=O) groups excluding carboxylic acids is 3. The fourth-order valence-electron chi connectivity index (χ4n) is 2.68. The van der Waals surface area contributed by atoms with Crippen LogP contribution in [0.1, 0.15) is 24.2 Å². The van der Waals surface area contributed by atoms with E-state index in [1.165, 1.54) is 19.9 Å². The Morgan fingerprint density at radius 1 is 0.774 bits per heavy atom. The van der Waals surface area contributed by atoms with Gasteiger partial charge in [0.25, 0.3) is 5.91 Å². The number of hydrogen-bond acceptors (Lipinski definition) is 5. The van der Waals surface area contributed by atoms with Crippen molar-refractivity contribution in [3.63, 3.8) is 0 Å². The maximum absolute atomic E-state index is 12.4. The first-order chi connectivity index (χ1) is 14.9. The molecular weight excluding hydrogens is 396 g/mol. The predicted molar refractivity (Wildman–Crippen MR) is 117 cm³/mol. The standard InChI is InChI=1S/C24H22N2O5/c1-16(30-24(29)18-7-6-8-20(15-18)25-17(2)27)23(28)26-19-11-13-22(14-12-19)31-21-9-4-3-5-10-21/h3-16H,1-2H3,(H,25,27)(H,26,28)/t16-/m0/s1. The van der Waals surface area contributed by atoms with Crippen LogP contribution in [0.5, 0.6) is 11.5 Å². The Labute approximate surface area is 180 Å². The third kappa shape index (κ3) is 6.43. The van der Waals surface area contributed by atoms with E-state index in [0.29, 0.717) is 22.9 Å². The van der Waals surface area contributed by atoms with Crippen molar-refractivity contribution >= 4 is 29.2 Å². The minimum absolute atomic E-state index is 0.230. The van der Waals surface area contributed by atoms with Crippen molar-refractivity contribution in [2.45, 2.75) is 20.0 Å². The van der Waals surface area contributed by atoms with Crippen LogP contribution in [0.15, 0.2) is 78.9 Å². The van der Waals surface area contributed by atoms with Crippen molar-refractivity contribution in [2.75, 3.05) is 10.6 Å². The van der Waals surface area contributed by atoms with Gasteiger partial charge >= 0.3 is 5.97 Å². The largest absolute Gasteiger partial charge is 0.457 e. The molecular formula is C24H22N2O5. The Morgan fingerprint density at radius 3 is 2.13 bits per heavy atom. The lowest BCUT2D eigenvalue weighted by atomic mass is 10.2. The fraction of sp³-hybridized carbons (Fsp3) is 0.125. The highest BCUT2D eigenvalue weighted by Crippen LogP contribution is 2.22. The molecule has 2 N–H and O–H groups in total. The highest BCUT2D eigenvalue weighted by molar-refractivity contribution is 5.98. The molecule has 0 aliphatic heterocycles. The number of rotatable bonds is 7. The Morgan fingerprint density at radius 2 is 1.45 bits per heavy atom. The number of hydrogen-bond donors (Lipinski definition) is 2. The molecule has 0 bridgehead atoms. The van der Waals surface area contributed by atoms with Gasteiger partial charge in [-0.3, -0.25) is 9.59 Å². The summed E-state index contributed by atoms with van der Waals surface area (Å²) >= 11 is 0. The second-order valence-electron chi connectivity index (χ2n) is 6.74. The molecule has 3 rings (SSSR count). The summed E-state index contributed by atoms with van der Waals surface area (Å²) in [6, 6.07) is 22.5. The molecule has 158 valence electrons. The van der Waals surface area contributed by atoms with Gasteiger partial charge in [-0.25, -0.2) is 4.79 Å². The van der Waals surface area contributed by atoms with Crippen LogP contribution in [0.2, 0.25) is 0 Å². The smallest absolute Gasteiger partial charge is 0.338 e. The van der Waals surface area contributed by atoms with E-state index in [2.05, 4.69) is 10.6 Å². The lowest BCUT2D eigenvalue weighted by Crippen LogP contribution is -2.30. The van der Waals surface area contributed by atoms with Crippen molar-refractivity contribution < 1.29 is 23.9 Å². The van der Waals surface area contributed by atoms with E-state index in [1.807, 2.05) is 30.3 Å². The summed E-state index contributed by atoms with van der Waals surface area (Å²) in [5.41, 5.74) is 1.24. The van der Waals surface area contributed by atoms with Gasteiger partial charge in [0.1, 0.15) is 11.5 Å². The molecule has 2 amide bonds. The summed E-state index contributed by atoms with van der Waals surface area (Å²) in [6.45, 7) is 2.86. The van der Waals surface area contributed by atoms with Gasteiger partial charge in [0.2, 0.25) is 5.91 Å². The molecule has 0 saturated carbocycles. The fourth-order valence-corrected chi connectivity index (χ4v) is 2.68. The minimum Gasteiger partial charge on any atom is -0.457 e. The second kappa shape index (κ2) is 10.1. The summed E-state index contributed by atoms with van der Waals surface area (Å²) in [5.74, 6) is -0.0480. The molecule has 3 aromatic carbocycles. The molecule has 0 radical (unpaired) electrons. The molecule has 0 heterocycles. The molecule has 1 atom stereocenters. The SMILES string of the molecule is CC(=O)Nc1cccc(C(=O)O[C@@H](C)C(=O)Nc2ccc(Oc3ccccc3)cc2)c1. The number of nitrogens with one attached hydrogen (secondary N) is 2. The van der Waals surface area contributed by atoms with E-state index in [4.69, 9.17) is 9.47 Å².